The zero-order chi connectivity index (χ0) is 24.6. The van der Waals surface area contributed by atoms with Crippen molar-refractivity contribution >= 4 is 46.0 Å². The highest BCUT2D eigenvalue weighted by atomic mass is 35.5. The Kier molecular flexibility index (Phi) is 6.95. The monoisotopic (exact) mass is 499 g/mol. The Labute approximate surface area is 206 Å². The minimum atomic E-state index is -0.835. The SMILES string of the molecule is C/C=C(\C=C/C(C)Cl)Sc1c2n(c3cc(-c4nnn(C)n4)cc(C(C)=O)c13)CCC2CC(=O)O. The predicted molar refractivity (Wildman–Crippen MR) is 133 cm³/mol. The first-order valence-electron chi connectivity index (χ1n) is 11.0. The number of Topliss-reactive ketones (excluding diaryl/α,β-unsaturated/α-hetero) is 1. The zero-order valence-electron chi connectivity index (χ0n) is 19.4. The number of aromatic nitrogens is 5. The first kappa shape index (κ1) is 24.2. The number of carbonyl (C=O) groups excluding carboxylic acids is 1. The molecule has 0 radical (unpaired) electrons. The molecule has 2 aromatic heterocycles. The molecule has 8 nitrogen and oxygen atoms in total. The molecule has 0 saturated carbocycles. The number of benzene rings is 1. The number of hydrogen-bond acceptors (Lipinski definition) is 6. The van der Waals surface area contributed by atoms with Gasteiger partial charge < -0.3 is 9.67 Å². The van der Waals surface area contributed by atoms with E-state index in [1.807, 2.05) is 38.1 Å². The van der Waals surface area contributed by atoms with Crippen LogP contribution in [0.15, 0.2) is 40.2 Å². The fraction of sp³-hybridized carbons (Fsp3) is 0.375. The smallest absolute Gasteiger partial charge is 0.304 e. The number of hydrogen-bond donors (Lipinski definition) is 1. The fourth-order valence-electron chi connectivity index (χ4n) is 4.38. The van der Waals surface area contributed by atoms with Gasteiger partial charge in [-0.05, 0) is 44.5 Å². The van der Waals surface area contributed by atoms with Gasteiger partial charge in [-0.15, -0.1) is 21.8 Å². The third kappa shape index (κ3) is 4.67. The second-order valence-corrected chi connectivity index (χ2v) is 10.1. The van der Waals surface area contributed by atoms with Gasteiger partial charge >= 0.3 is 5.97 Å². The molecule has 1 aliphatic heterocycles. The Morgan fingerprint density at radius 3 is 2.74 bits per heavy atom. The van der Waals surface area contributed by atoms with E-state index >= 15 is 0 Å². The third-order valence-corrected chi connectivity index (χ3v) is 7.21. The summed E-state index contributed by atoms with van der Waals surface area (Å²) in [6, 6.07) is 3.78. The lowest BCUT2D eigenvalue weighted by molar-refractivity contribution is -0.137. The Balaban J connectivity index is 1.98. The molecule has 34 heavy (non-hydrogen) atoms. The predicted octanol–water partition coefficient (Wildman–Crippen LogP) is 5.18. The average Bonchev–Trinajstić information content (AvgIpc) is 3.46. The molecular weight excluding hydrogens is 474 g/mol. The van der Waals surface area contributed by atoms with E-state index in [2.05, 4.69) is 20.0 Å². The molecule has 3 heterocycles. The normalized spacial score (nSPS) is 17.0. The number of carboxylic acids is 1. The number of alkyl halides is 1. The Morgan fingerprint density at radius 1 is 1.38 bits per heavy atom. The molecule has 1 aromatic carbocycles. The van der Waals surface area contributed by atoms with Crippen LogP contribution in [0.3, 0.4) is 0 Å². The molecule has 0 spiro atoms. The molecule has 0 saturated heterocycles. The van der Waals surface area contributed by atoms with Gasteiger partial charge in [0.05, 0.1) is 19.0 Å². The van der Waals surface area contributed by atoms with Crippen molar-refractivity contribution < 1.29 is 14.7 Å². The second-order valence-electron chi connectivity index (χ2n) is 8.36. The molecule has 178 valence electrons. The fourth-order valence-corrected chi connectivity index (χ4v) is 5.65. The molecule has 1 N–H and O–H groups in total. The molecule has 0 bridgehead atoms. The maximum Gasteiger partial charge on any atom is 0.304 e. The number of halogens is 1. The third-order valence-electron chi connectivity index (χ3n) is 5.84. The summed E-state index contributed by atoms with van der Waals surface area (Å²) in [7, 11) is 1.69. The molecule has 2 unspecified atom stereocenters. The minimum absolute atomic E-state index is 0.0393. The highest BCUT2D eigenvalue weighted by Gasteiger charge is 2.33. The number of carboxylic acid groups (broad SMARTS) is 1. The highest BCUT2D eigenvalue weighted by molar-refractivity contribution is 8.03. The lowest BCUT2D eigenvalue weighted by Gasteiger charge is -2.12. The summed E-state index contributed by atoms with van der Waals surface area (Å²) in [5.74, 6) is -0.620. The van der Waals surface area contributed by atoms with Crippen molar-refractivity contribution in [3.63, 3.8) is 0 Å². The summed E-state index contributed by atoms with van der Waals surface area (Å²) in [6.07, 6.45) is 6.62. The van der Waals surface area contributed by atoms with E-state index in [1.165, 1.54) is 4.80 Å². The van der Waals surface area contributed by atoms with Crippen LogP contribution in [0.1, 0.15) is 55.6 Å². The maximum atomic E-state index is 12.8. The van der Waals surface area contributed by atoms with Crippen molar-refractivity contribution in [2.75, 3.05) is 0 Å². The number of thioether (sulfide) groups is 1. The van der Waals surface area contributed by atoms with E-state index in [1.54, 1.807) is 31.8 Å². The number of carbonyl (C=O) groups is 2. The lowest BCUT2D eigenvalue weighted by Crippen LogP contribution is -2.04. The number of aryl methyl sites for hydroxylation is 2. The zero-order valence-corrected chi connectivity index (χ0v) is 21.0. The lowest BCUT2D eigenvalue weighted by atomic mass is 9.98. The molecule has 4 rings (SSSR count). The van der Waals surface area contributed by atoms with Crippen molar-refractivity contribution in [3.05, 3.63) is 46.5 Å². The van der Waals surface area contributed by atoms with E-state index in [0.29, 0.717) is 23.5 Å². The Hall–Kier alpha value is -2.91. The molecule has 3 aromatic rings. The average molecular weight is 500 g/mol. The summed E-state index contributed by atoms with van der Waals surface area (Å²) in [6.45, 7) is 6.06. The van der Waals surface area contributed by atoms with Gasteiger partial charge in [-0.25, -0.2) is 0 Å². The van der Waals surface area contributed by atoms with Gasteiger partial charge in [-0.1, -0.05) is 30.0 Å². The van der Waals surface area contributed by atoms with E-state index in [9.17, 15) is 14.7 Å². The van der Waals surface area contributed by atoms with Crippen LogP contribution in [0, 0.1) is 0 Å². The van der Waals surface area contributed by atoms with Crippen molar-refractivity contribution in [2.45, 2.75) is 56.3 Å². The first-order valence-corrected chi connectivity index (χ1v) is 12.3. The Morgan fingerprint density at radius 2 is 2.15 bits per heavy atom. The van der Waals surface area contributed by atoms with Crippen molar-refractivity contribution in [3.8, 4) is 11.4 Å². The second kappa shape index (κ2) is 9.76. The van der Waals surface area contributed by atoms with Crippen LogP contribution in [0.2, 0.25) is 0 Å². The van der Waals surface area contributed by atoms with Gasteiger partial charge in [0.2, 0.25) is 5.82 Å². The molecule has 0 amide bonds. The number of fused-ring (bicyclic) bond motifs is 3. The van der Waals surface area contributed by atoms with Gasteiger partial charge in [0, 0.05) is 49.8 Å². The first-order chi connectivity index (χ1) is 16.2. The standard InChI is InChI=1S/C24H26ClN5O3S/c1-5-17(7-6-13(2)25)34-23-21-18(14(3)31)10-16(24-26-28-29(4)27-24)11-19(21)30-9-8-15(22(23)30)12-20(32)33/h5-7,10-11,13,15H,8-9,12H2,1-4H3,(H,32,33)/b7-6-,17-5+. The molecule has 2 atom stereocenters. The van der Waals surface area contributed by atoms with Gasteiger partial charge in [-0.2, -0.15) is 4.80 Å². The number of ketones is 1. The molecule has 1 aliphatic rings. The van der Waals surface area contributed by atoms with Crippen LogP contribution >= 0.6 is 23.4 Å². The maximum absolute atomic E-state index is 12.8. The quantitative estimate of drug-likeness (QED) is 0.197. The van der Waals surface area contributed by atoms with E-state index in [-0.39, 0.29) is 23.5 Å². The topological polar surface area (TPSA) is 103 Å². The van der Waals surface area contributed by atoms with Gasteiger partial charge in [0.1, 0.15) is 0 Å². The van der Waals surface area contributed by atoms with Crippen LogP contribution in [0.4, 0.5) is 0 Å². The molecule has 10 heteroatoms. The summed E-state index contributed by atoms with van der Waals surface area (Å²) in [5, 5.41) is 22.6. The molecule has 0 fully saturated rings. The summed E-state index contributed by atoms with van der Waals surface area (Å²) in [5.41, 5.74) is 3.10. The summed E-state index contributed by atoms with van der Waals surface area (Å²) < 4.78 is 2.15. The van der Waals surface area contributed by atoms with Crippen LogP contribution in [0.25, 0.3) is 22.3 Å². The van der Waals surface area contributed by atoms with E-state index in [4.69, 9.17) is 11.6 Å². The molecule has 0 aliphatic carbocycles. The van der Waals surface area contributed by atoms with Gasteiger partial charge in [0.15, 0.2) is 5.78 Å². The van der Waals surface area contributed by atoms with Crippen LogP contribution in [0.5, 0.6) is 0 Å². The molecular formula is C24H26ClN5O3S. The number of rotatable bonds is 8. The van der Waals surface area contributed by atoms with E-state index < -0.39 is 5.97 Å². The number of allylic oxidation sites excluding steroid dienone is 3. The number of tetrazole rings is 1. The van der Waals surface area contributed by atoms with Crippen molar-refractivity contribution in [1.29, 1.82) is 0 Å². The van der Waals surface area contributed by atoms with Gasteiger partial charge in [0.25, 0.3) is 0 Å². The van der Waals surface area contributed by atoms with E-state index in [0.717, 1.165) is 32.8 Å². The number of nitrogens with zero attached hydrogens (tertiary/aromatic N) is 5. The van der Waals surface area contributed by atoms with Crippen LogP contribution in [-0.4, -0.2) is 47.0 Å². The van der Waals surface area contributed by atoms with Crippen molar-refractivity contribution in [2.24, 2.45) is 7.05 Å². The van der Waals surface area contributed by atoms with Crippen LogP contribution < -0.4 is 0 Å². The Bertz CT molecular complexity index is 1340. The highest BCUT2D eigenvalue weighted by Crippen LogP contribution is 2.48. The van der Waals surface area contributed by atoms with Gasteiger partial charge in [-0.3, -0.25) is 9.59 Å². The van der Waals surface area contributed by atoms with Crippen LogP contribution in [-0.2, 0) is 18.4 Å². The summed E-state index contributed by atoms with van der Waals surface area (Å²) >= 11 is 7.66. The summed E-state index contributed by atoms with van der Waals surface area (Å²) in [4.78, 5) is 27.7. The number of aliphatic carboxylic acids is 1. The van der Waals surface area contributed by atoms with Crippen molar-refractivity contribution in [1.82, 2.24) is 24.8 Å². The minimum Gasteiger partial charge on any atom is -0.481 e. The largest absolute Gasteiger partial charge is 0.481 e.